The second kappa shape index (κ2) is 7.04. The van der Waals surface area contributed by atoms with Crippen LogP contribution in [0.2, 0.25) is 0 Å². The third kappa shape index (κ3) is 3.45. The van der Waals surface area contributed by atoms with Crippen LogP contribution in [0.1, 0.15) is 10.5 Å². The van der Waals surface area contributed by atoms with Crippen LogP contribution >= 0.6 is 0 Å². The first-order valence-corrected chi connectivity index (χ1v) is 7.60. The average molecular weight is 338 g/mol. The summed E-state index contributed by atoms with van der Waals surface area (Å²) in [5.41, 5.74) is 2.46. The predicted octanol–water partition coefficient (Wildman–Crippen LogP) is 2.75. The van der Waals surface area contributed by atoms with Crippen LogP contribution in [0.5, 0.6) is 11.5 Å². The molecule has 0 radical (unpaired) electrons. The summed E-state index contributed by atoms with van der Waals surface area (Å²) in [5, 5.41) is 7.22. The molecule has 7 nitrogen and oxygen atoms in total. The molecule has 0 spiro atoms. The van der Waals surface area contributed by atoms with Crippen LogP contribution in [0, 0.1) is 0 Å². The average Bonchev–Trinajstić information content (AvgIpc) is 3.03. The van der Waals surface area contributed by atoms with Gasteiger partial charge in [-0.05, 0) is 30.3 Å². The Balaban J connectivity index is 1.91. The molecule has 128 valence electrons. The van der Waals surface area contributed by atoms with E-state index in [2.05, 4.69) is 15.4 Å². The quantitative estimate of drug-likeness (QED) is 0.774. The van der Waals surface area contributed by atoms with Crippen molar-refractivity contribution in [3.8, 4) is 22.8 Å². The molecule has 1 aromatic carbocycles. The number of ether oxygens (including phenoxy) is 2. The maximum Gasteiger partial charge on any atom is 0.273 e. The van der Waals surface area contributed by atoms with Gasteiger partial charge in [0.15, 0.2) is 0 Å². The van der Waals surface area contributed by atoms with Gasteiger partial charge in [-0.1, -0.05) is 0 Å². The molecule has 25 heavy (non-hydrogen) atoms. The lowest BCUT2D eigenvalue weighted by Gasteiger charge is -2.08. The first kappa shape index (κ1) is 16.5. The molecule has 0 aliphatic heterocycles. The first-order chi connectivity index (χ1) is 12.1. The van der Waals surface area contributed by atoms with Crippen molar-refractivity contribution in [1.82, 2.24) is 14.8 Å². The number of hydrogen-bond donors (Lipinski definition) is 1. The number of anilines is 1. The van der Waals surface area contributed by atoms with E-state index in [1.807, 2.05) is 12.1 Å². The monoisotopic (exact) mass is 338 g/mol. The molecule has 3 rings (SSSR count). The van der Waals surface area contributed by atoms with Gasteiger partial charge in [-0.25, -0.2) is 0 Å². The summed E-state index contributed by atoms with van der Waals surface area (Å²) in [5.74, 6) is 1.05. The van der Waals surface area contributed by atoms with E-state index in [1.165, 1.54) is 4.68 Å². The number of aromatic nitrogens is 3. The zero-order chi connectivity index (χ0) is 17.8. The fraction of sp³-hybridized carbons (Fsp3) is 0.167. The number of nitrogens with one attached hydrogen (secondary N) is 1. The molecular formula is C18H18N4O3. The van der Waals surface area contributed by atoms with Gasteiger partial charge in [0.2, 0.25) is 0 Å². The topological polar surface area (TPSA) is 78.3 Å². The van der Waals surface area contributed by atoms with Gasteiger partial charge in [0.05, 0.1) is 31.8 Å². The number of rotatable bonds is 5. The van der Waals surface area contributed by atoms with Crippen LogP contribution in [0.25, 0.3) is 11.3 Å². The largest absolute Gasteiger partial charge is 0.497 e. The lowest BCUT2D eigenvalue weighted by atomic mass is 10.1. The van der Waals surface area contributed by atoms with Crippen LogP contribution < -0.4 is 14.8 Å². The lowest BCUT2D eigenvalue weighted by Crippen LogP contribution is -2.16. The van der Waals surface area contributed by atoms with Crippen molar-refractivity contribution in [2.45, 2.75) is 0 Å². The van der Waals surface area contributed by atoms with Gasteiger partial charge in [-0.15, -0.1) is 0 Å². The van der Waals surface area contributed by atoms with E-state index < -0.39 is 0 Å². The molecule has 2 aromatic heterocycles. The van der Waals surface area contributed by atoms with E-state index in [0.717, 1.165) is 5.56 Å². The third-order valence-electron chi connectivity index (χ3n) is 3.72. The van der Waals surface area contributed by atoms with Gasteiger partial charge < -0.3 is 14.8 Å². The second-order valence-electron chi connectivity index (χ2n) is 5.30. The van der Waals surface area contributed by atoms with Gasteiger partial charge in [0.25, 0.3) is 5.91 Å². The van der Waals surface area contributed by atoms with Crippen molar-refractivity contribution in [3.63, 3.8) is 0 Å². The molecular weight excluding hydrogens is 320 g/mol. The third-order valence-corrected chi connectivity index (χ3v) is 3.72. The number of carbonyl (C=O) groups excluding carboxylic acids is 1. The Bertz CT molecular complexity index is 891. The van der Waals surface area contributed by atoms with Crippen LogP contribution in [-0.4, -0.2) is 34.9 Å². The fourth-order valence-electron chi connectivity index (χ4n) is 2.45. The Hall–Kier alpha value is -3.35. The maximum absolute atomic E-state index is 12.5. The highest BCUT2D eigenvalue weighted by Gasteiger charge is 2.17. The van der Waals surface area contributed by atoms with E-state index in [0.29, 0.717) is 28.6 Å². The molecule has 0 unspecified atom stereocenters. The van der Waals surface area contributed by atoms with Crippen molar-refractivity contribution >= 4 is 11.6 Å². The minimum absolute atomic E-state index is 0.262. The standard InChI is InChI=1S/C18H18N4O3/c1-22-16(18(23)20-12-5-4-8-19-11-12)10-15(21-22)14-7-6-13(24-2)9-17(14)25-3/h4-11H,1-3H3,(H,20,23). The minimum Gasteiger partial charge on any atom is -0.497 e. The SMILES string of the molecule is COc1ccc(-c2cc(C(=O)Nc3cccnc3)n(C)n2)c(OC)c1. The van der Waals surface area contributed by atoms with Crippen molar-refractivity contribution in [1.29, 1.82) is 0 Å². The number of aryl methyl sites for hydroxylation is 1. The molecule has 0 saturated carbocycles. The molecule has 0 aliphatic rings. The summed E-state index contributed by atoms with van der Waals surface area (Å²) in [6, 6.07) is 10.7. The molecule has 0 atom stereocenters. The summed E-state index contributed by atoms with van der Waals surface area (Å²) in [4.78, 5) is 16.5. The summed E-state index contributed by atoms with van der Waals surface area (Å²) >= 11 is 0. The number of amides is 1. The maximum atomic E-state index is 12.5. The van der Waals surface area contributed by atoms with Crippen molar-refractivity contribution in [2.75, 3.05) is 19.5 Å². The highest BCUT2D eigenvalue weighted by molar-refractivity contribution is 6.03. The Morgan fingerprint density at radius 1 is 1.16 bits per heavy atom. The Kier molecular flexibility index (Phi) is 4.65. The summed E-state index contributed by atoms with van der Waals surface area (Å²) in [6.45, 7) is 0. The molecule has 0 aliphatic carbocycles. The number of methoxy groups -OCH3 is 2. The Morgan fingerprint density at radius 3 is 2.68 bits per heavy atom. The van der Waals surface area contributed by atoms with Crippen molar-refractivity contribution < 1.29 is 14.3 Å². The molecule has 2 heterocycles. The molecule has 0 fully saturated rings. The van der Waals surface area contributed by atoms with E-state index in [1.54, 1.807) is 57.9 Å². The van der Waals surface area contributed by atoms with Gasteiger partial charge >= 0.3 is 0 Å². The predicted molar refractivity (Wildman–Crippen MR) is 93.9 cm³/mol. The Labute approximate surface area is 145 Å². The summed E-state index contributed by atoms with van der Waals surface area (Å²) < 4.78 is 12.1. The molecule has 0 saturated heterocycles. The lowest BCUT2D eigenvalue weighted by molar-refractivity contribution is 0.101. The number of hydrogen-bond acceptors (Lipinski definition) is 5. The fourth-order valence-corrected chi connectivity index (χ4v) is 2.45. The number of nitrogens with zero attached hydrogens (tertiary/aromatic N) is 3. The minimum atomic E-state index is -0.262. The second-order valence-corrected chi connectivity index (χ2v) is 5.30. The zero-order valence-corrected chi connectivity index (χ0v) is 14.2. The normalized spacial score (nSPS) is 10.4. The molecule has 1 N–H and O–H groups in total. The molecule has 3 aromatic rings. The first-order valence-electron chi connectivity index (χ1n) is 7.60. The van der Waals surface area contributed by atoms with E-state index in [4.69, 9.17) is 9.47 Å². The number of benzene rings is 1. The number of pyridine rings is 1. The molecule has 7 heteroatoms. The molecule has 0 bridgehead atoms. The van der Waals surface area contributed by atoms with Crippen LogP contribution in [0.3, 0.4) is 0 Å². The van der Waals surface area contributed by atoms with E-state index in [-0.39, 0.29) is 5.91 Å². The molecule has 1 amide bonds. The van der Waals surface area contributed by atoms with E-state index in [9.17, 15) is 4.79 Å². The van der Waals surface area contributed by atoms with Gasteiger partial charge in [-0.2, -0.15) is 5.10 Å². The van der Waals surface area contributed by atoms with Gasteiger partial charge in [-0.3, -0.25) is 14.5 Å². The smallest absolute Gasteiger partial charge is 0.273 e. The van der Waals surface area contributed by atoms with Crippen LogP contribution in [0.4, 0.5) is 5.69 Å². The van der Waals surface area contributed by atoms with Crippen LogP contribution in [0.15, 0.2) is 48.8 Å². The highest BCUT2D eigenvalue weighted by Crippen LogP contribution is 2.32. The summed E-state index contributed by atoms with van der Waals surface area (Å²) in [6.07, 6.45) is 3.23. The van der Waals surface area contributed by atoms with Crippen LogP contribution in [-0.2, 0) is 7.05 Å². The zero-order valence-electron chi connectivity index (χ0n) is 14.2. The highest BCUT2D eigenvalue weighted by atomic mass is 16.5. The van der Waals surface area contributed by atoms with E-state index >= 15 is 0 Å². The Morgan fingerprint density at radius 2 is 2.00 bits per heavy atom. The van der Waals surface area contributed by atoms with Crippen molar-refractivity contribution in [3.05, 3.63) is 54.5 Å². The number of carbonyl (C=O) groups is 1. The summed E-state index contributed by atoms with van der Waals surface area (Å²) in [7, 11) is 4.89. The van der Waals surface area contributed by atoms with Crippen molar-refractivity contribution in [2.24, 2.45) is 7.05 Å². The van der Waals surface area contributed by atoms with Gasteiger partial charge in [0.1, 0.15) is 17.2 Å². The van der Waals surface area contributed by atoms with Gasteiger partial charge in [0, 0.05) is 24.9 Å².